The van der Waals surface area contributed by atoms with E-state index in [0.717, 1.165) is 13.0 Å². The molecule has 1 aliphatic carbocycles. The van der Waals surface area contributed by atoms with Crippen LogP contribution in [0, 0.1) is 6.92 Å². The predicted octanol–water partition coefficient (Wildman–Crippen LogP) is 4.29. The van der Waals surface area contributed by atoms with Crippen molar-refractivity contribution in [3.63, 3.8) is 0 Å². The van der Waals surface area contributed by atoms with Gasteiger partial charge in [0.1, 0.15) is 0 Å². The Morgan fingerprint density at radius 3 is 3.00 bits per heavy atom. The summed E-state index contributed by atoms with van der Waals surface area (Å²) in [5.41, 5.74) is 2.83. The van der Waals surface area contributed by atoms with E-state index in [9.17, 15) is 0 Å². The molecule has 0 aliphatic heterocycles. The van der Waals surface area contributed by atoms with E-state index in [0.29, 0.717) is 6.04 Å². The minimum atomic E-state index is 0.437. The number of nitrogens with one attached hydrogen (secondary N) is 1. The number of hydrogen-bond donors (Lipinski definition) is 1. The Hall–Kier alpha value is -0.710. The first kappa shape index (κ1) is 14.2. The van der Waals surface area contributed by atoms with Crippen molar-refractivity contribution < 1.29 is 0 Å². The average Bonchev–Trinajstić information content (AvgIpc) is 3.09. The molecule has 1 unspecified atom stereocenters. The lowest BCUT2D eigenvalue weighted by atomic mass is 10.1. The standard InChI is InChI=1S/C16H22N2S2/c1-3-7-17-14(9-13-10-19-11(2)18-13)16-8-12-5-4-6-15(12)20-16/h8,10,14,17H,3-7,9H2,1-2H3. The van der Waals surface area contributed by atoms with Crippen molar-refractivity contribution in [1.82, 2.24) is 10.3 Å². The van der Waals surface area contributed by atoms with Gasteiger partial charge in [0.15, 0.2) is 0 Å². The number of fused-ring (bicyclic) bond motifs is 1. The van der Waals surface area contributed by atoms with Crippen molar-refractivity contribution in [3.05, 3.63) is 37.5 Å². The summed E-state index contributed by atoms with van der Waals surface area (Å²) in [6.07, 6.45) is 6.11. The lowest BCUT2D eigenvalue weighted by Crippen LogP contribution is -2.23. The Bertz CT molecular complexity index is 549. The van der Waals surface area contributed by atoms with Gasteiger partial charge in [-0.25, -0.2) is 4.98 Å². The second kappa shape index (κ2) is 6.37. The van der Waals surface area contributed by atoms with Gasteiger partial charge in [0.05, 0.1) is 10.7 Å². The molecule has 2 aromatic heterocycles. The third kappa shape index (κ3) is 3.13. The minimum absolute atomic E-state index is 0.437. The van der Waals surface area contributed by atoms with Crippen molar-refractivity contribution in [2.24, 2.45) is 0 Å². The van der Waals surface area contributed by atoms with Gasteiger partial charge in [0, 0.05) is 27.6 Å². The van der Waals surface area contributed by atoms with Crippen LogP contribution in [0.2, 0.25) is 0 Å². The summed E-state index contributed by atoms with van der Waals surface area (Å²) in [7, 11) is 0. The Morgan fingerprint density at radius 2 is 2.30 bits per heavy atom. The van der Waals surface area contributed by atoms with Crippen molar-refractivity contribution in [3.8, 4) is 0 Å². The smallest absolute Gasteiger partial charge is 0.0897 e. The first-order valence-electron chi connectivity index (χ1n) is 7.52. The highest BCUT2D eigenvalue weighted by Crippen LogP contribution is 2.35. The second-order valence-electron chi connectivity index (χ2n) is 5.52. The lowest BCUT2D eigenvalue weighted by Gasteiger charge is -2.16. The molecule has 0 bridgehead atoms. The summed E-state index contributed by atoms with van der Waals surface area (Å²) in [4.78, 5) is 7.76. The van der Waals surface area contributed by atoms with Gasteiger partial charge in [-0.15, -0.1) is 22.7 Å². The van der Waals surface area contributed by atoms with Gasteiger partial charge in [-0.3, -0.25) is 0 Å². The molecule has 0 amide bonds. The van der Waals surface area contributed by atoms with Crippen molar-refractivity contribution in [2.75, 3.05) is 6.54 Å². The molecular weight excluding hydrogens is 284 g/mol. The van der Waals surface area contributed by atoms with Gasteiger partial charge in [-0.1, -0.05) is 6.92 Å². The zero-order chi connectivity index (χ0) is 13.9. The van der Waals surface area contributed by atoms with E-state index >= 15 is 0 Å². The molecule has 0 saturated heterocycles. The molecule has 20 heavy (non-hydrogen) atoms. The van der Waals surface area contributed by atoms with Gasteiger partial charge >= 0.3 is 0 Å². The zero-order valence-corrected chi connectivity index (χ0v) is 13.9. The van der Waals surface area contributed by atoms with Crippen LogP contribution in [-0.4, -0.2) is 11.5 Å². The minimum Gasteiger partial charge on any atom is -0.309 e. The molecule has 2 nitrogen and oxygen atoms in total. The van der Waals surface area contributed by atoms with Crippen LogP contribution < -0.4 is 5.32 Å². The summed E-state index contributed by atoms with van der Waals surface area (Å²) in [5.74, 6) is 0. The van der Waals surface area contributed by atoms with E-state index in [1.54, 1.807) is 21.8 Å². The fourth-order valence-corrected chi connectivity index (χ4v) is 4.79. The third-order valence-electron chi connectivity index (χ3n) is 3.83. The van der Waals surface area contributed by atoms with E-state index < -0.39 is 0 Å². The molecule has 2 aromatic rings. The molecule has 3 rings (SSSR count). The van der Waals surface area contributed by atoms with Gasteiger partial charge in [-0.05, 0) is 50.8 Å². The molecule has 0 saturated carbocycles. The zero-order valence-electron chi connectivity index (χ0n) is 12.2. The fourth-order valence-electron chi connectivity index (χ4n) is 2.83. The van der Waals surface area contributed by atoms with E-state index in [-0.39, 0.29) is 0 Å². The number of rotatable bonds is 6. The topological polar surface area (TPSA) is 24.9 Å². The lowest BCUT2D eigenvalue weighted by molar-refractivity contribution is 0.532. The molecule has 1 atom stereocenters. The summed E-state index contributed by atoms with van der Waals surface area (Å²) in [6.45, 7) is 5.39. The number of aryl methyl sites for hydroxylation is 3. The number of thiophene rings is 1. The number of aromatic nitrogens is 1. The number of hydrogen-bond acceptors (Lipinski definition) is 4. The Kier molecular flexibility index (Phi) is 4.54. The molecule has 0 spiro atoms. The average molecular weight is 307 g/mol. The Morgan fingerprint density at radius 1 is 1.40 bits per heavy atom. The van der Waals surface area contributed by atoms with E-state index in [1.165, 1.54) is 41.3 Å². The molecular formula is C16H22N2S2. The van der Waals surface area contributed by atoms with E-state index in [4.69, 9.17) is 0 Å². The third-order valence-corrected chi connectivity index (χ3v) is 6.00. The Labute approximate surface area is 129 Å². The molecule has 1 aliphatic rings. The van der Waals surface area contributed by atoms with Gasteiger partial charge < -0.3 is 5.32 Å². The predicted molar refractivity (Wildman–Crippen MR) is 87.9 cm³/mol. The van der Waals surface area contributed by atoms with E-state index in [2.05, 4.69) is 35.6 Å². The molecule has 0 fully saturated rings. The van der Waals surface area contributed by atoms with Gasteiger partial charge in [0.25, 0.3) is 0 Å². The monoisotopic (exact) mass is 306 g/mol. The summed E-state index contributed by atoms with van der Waals surface area (Å²) < 4.78 is 0. The highest BCUT2D eigenvalue weighted by atomic mass is 32.1. The van der Waals surface area contributed by atoms with Crippen molar-refractivity contribution >= 4 is 22.7 Å². The van der Waals surface area contributed by atoms with Crippen LogP contribution in [0.15, 0.2) is 11.4 Å². The number of nitrogens with zero attached hydrogens (tertiary/aromatic N) is 1. The number of thiazole rings is 1. The maximum Gasteiger partial charge on any atom is 0.0897 e. The van der Waals surface area contributed by atoms with Gasteiger partial charge in [0.2, 0.25) is 0 Å². The largest absolute Gasteiger partial charge is 0.309 e. The van der Waals surface area contributed by atoms with Crippen LogP contribution in [-0.2, 0) is 19.3 Å². The van der Waals surface area contributed by atoms with Crippen LogP contribution in [0.5, 0.6) is 0 Å². The molecule has 4 heteroatoms. The molecule has 0 radical (unpaired) electrons. The summed E-state index contributed by atoms with van der Waals surface area (Å²) >= 11 is 3.77. The second-order valence-corrected chi connectivity index (χ2v) is 7.75. The molecule has 1 N–H and O–H groups in total. The highest BCUT2D eigenvalue weighted by Gasteiger charge is 2.20. The van der Waals surface area contributed by atoms with Crippen molar-refractivity contribution in [2.45, 2.75) is 52.0 Å². The summed E-state index contributed by atoms with van der Waals surface area (Å²) in [5, 5.41) is 7.08. The van der Waals surface area contributed by atoms with E-state index in [1.807, 2.05) is 11.3 Å². The molecule has 0 aromatic carbocycles. The van der Waals surface area contributed by atoms with Gasteiger partial charge in [-0.2, -0.15) is 0 Å². The first-order chi connectivity index (χ1) is 9.76. The van der Waals surface area contributed by atoms with Crippen LogP contribution in [0.3, 0.4) is 0 Å². The Balaban J connectivity index is 1.77. The normalized spacial score (nSPS) is 15.5. The highest BCUT2D eigenvalue weighted by molar-refractivity contribution is 7.12. The fraction of sp³-hybridized carbons (Fsp3) is 0.562. The maximum atomic E-state index is 4.63. The SMILES string of the molecule is CCCNC(Cc1csc(C)n1)c1cc2c(s1)CCC2. The molecule has 2 heterocycles. The maximum absolute atomic E-state index is 4.63. The first-order valence-corrected chi connectivity index (χ1v) is 9.21. The van der Waals surface area contributed by atoms with Crippen LogP contribution in [0.4, 0.5) is 0 Å². The van der Waals surface area contributed by atoms with Crippen LogP contribution in [0.25, 0.3) is 0 Å². The molecule has 108 valence electrons. The van der Waals surface area contributed by atoms with Crippen molar-refractivity contribution in [1.29, 1.82) is 0 Å². The van der Waals surface area contributed by atoms with Crippen LogP contribution in [0.1, 0.15) is 51.8 Å². The quantitative estimate of drug-likeness (QED) is 0.861. The summed E-state index contributed by atoms with van der Waals surface area (Å²) in [6, 6.07) is 2.88. The van der Waals surface area contributed by atoms with Crippen LogP contribution >= 0.6 is 22.7 Å².